The van der Waals surface area contributed by atoms with Crippen LogP contribution in [0, 0.1) is 6.92 Å². The fourth-order valence-electron chi connectivity index (χ4n) is 3.20. The Morgan fingerprint density at radius 1 is 1.21 bits per heavy atom. The van der Waals surface area contributed by atoms with Gasteiger partial charge in [0, 0.05) is 22.7 Å². The van der Waals surface area contributed by atoms with Crippen LogP contribution in [0.1, 0.15) is 23.7 Å². The first-order valence-electron chi connectivity index (χ1n) is 9.36. The van der Waals surface area contributed by atoms with Gasteiger partial charge in [0.25, 0.3) is 0 Å². The summed E-state index contributed by atoms with van der Waals surface area (Å²) in [5, 5.41) is 20.6. The number of benzene rings is 2. The SMILES string of the molecule is CCc1cc(-c2[nH]nc(N)c2-c2nc(C)cs2)c(O)cc1OCc1ccccc1. The minimum Gasteiger partial charge on any atom is -0.507 e. The first-order chi connectivity index (χ1) is 14.1. The maximum Gasteiger partial charge on any atom is 0.156 e. The van der Waals surface area contributed by atoms with Crippen molar-refractivity contribution in [2.24, 2.45) is 0 Å². The molecule has 0 aliphatic heterocycles. The molecule has 0 radical (unpaired) electrons. The van der Waals surface area contributed by atoms with Gasteiger partial charge in [-0.05, 0) is 30.5 Å². The fourth-order valence-corrected chi connectivity index (χ4v) is 4.05. The van der Waals surface area contributed by atoms with Gasteiger partial charge in [0.05, 0.1) is 11.3 Å². The monoisotopic (exact) mass is 406 g/mol. The zero-order chi connectivity index (χ0) is 20.4. The van der Waals surface area contributed by atoms with E-state index >= 15 is 0 Å². The predicted molar refractivity (Wildman–Crippen MR) is 116 cm³/mol. The molecule has 0 saturated heterocycles. The van der Waals surface area contributed by atoms with Gasteiger partial charge in [-0.25, -0.2) is 4.98 Å². The van der Waals surface area contributed by atoms with Gasteiger partial charge in [-0.1, -0.05) is 37.3 Å². The lowest BCUT2D eigenvalue weighted by atomic mass is 10.0. The van der Waals surface area contributed by atoms with Crippen LogP contribution in [0.2, 0.25) is 0 Å². The second-order valence-corrected chi connectivity index (χ2v) is 7.62. The molecular formula is C22H22N4O2S. The number of ether oxygens (including phenoxy) is 1. The van der Waals surface area contributed by atoms with Gasteiger partial charge in [-0.15, -0.1) is 11.3 Å². The molecule has 6 nitrogen and oxygen atoms in total. The van der Waals surface area contributed by atoms with E-state index in [0.717, 1.165) is 28.2 Å². The van der Waals surface area contributed by atoms with Crippen LogP contribution in [-0.2, 0) is 13.0 Å². The Labute approximate surface area is 173 Å². The summed E-state index contributed by atoms with van der Waals surface area (Å²) >= 11 is 1.50. The standard InChI is InChI=1S/C22H22N4O2S/c1-3-15-9-16(17(27)10-18(15)28-11-14-7-5-4-6-8-14)20-19(21(23)26-25-20)22-24-13(2)12-29-22/h4-10,12,27H,3,11H2,1-2H3,(H3,23,25,26). The molecule has 0 aliphatic carbocycles. The molecule has 29 heavy (non-hydrogen) atoms. The van der Waals surface area contributed by atoms with E-state index < -0.39 is 0 Å². The lowest BCUT2D eigenvalue weighted by Crippen LogP contribution is -1.99. The molecule has 2 heterocycles. The third-order valence-electron chi connectivity index (χ3n) is 4.69. The van der Waals surface area contributed by atoms with Gasteiger partial charge in [-0.2, -0.15) is 5.10 Å². The van der Waals surface area contributed by atoms with Crippen molar-refractivity contribution in [1.29, 1.82) is 0 Å². The molecule has 0 bridgehead atoms. The summed E-state index contributed by atoms with van der Waals surface area (Å²) < 4.78 is 5.99. The van der Waals surface area contributed by atoms with E-state index in [1.165, 1.54) is 11.3 Å². The van der Waals surface area contributed by atoms with E-state index in [1.54, 1.807) is 6.07 Å². The summed E-state index contributed by atoms with van der Waals surface area (Å²) in [5.41, 5.74) is 11.1. The van der Waals surface area contributed by atoms with Crippen molar-refractivity contribution < 1.29 is 9.84 Å². The summed E-state index contributed by atoms with van der Waals surface area (Å²) in [7, 11) is 0. The quantitative estimate of drug-likeness (QED) is 0.421. The topological polar surface area (TPSA) is 97.1 Å². The number of nitrogens with zero attached hydrogens (tertiary/aromatic N) is 2. The lowest BCUT2D eigenvalue weighted by molar-refractivity contribution is 0.301. The predicted octanol–water partition coefficient (Wildman–Crippen LogP) is 4.94. The molecule has 4 rings (SSSR count). The molecule has 0 unspecified atom stereocenters. The third-order valence-corrected chi connectivity index (χ3v) is 5.67. The average molecular weight is 407 g/mol. The number of H-pyrrole nitrogens is 1. The van der Waals surface area contributed by atoms with Crippen molar-refractivity contribution in [3.05, 3.63) is 64.7 Å². The molecule has 0 saturated carbocycles. The summed E-state index contributed by atoms with van der Waals surface area (Å²) in [4.78, 5) is 4.53. The molecule has 2 aromatic heterocycles. The van der Waals surface area contributed by atoms with E-state index in [2.05, 4.69) is 22.1 Å². The largest absolute Gasteiger partial charge is 0.507 e. The number of aromatic amines is 1. The highest BCUT2D eigenvalue weighted by molar-refractivity contribution is 7.13. The molecule has 0 amide bonds. The number of nitrogens with one attached hydrogen (secondary N) is 1. The molecule has 0 fully saturated rings. The normalized spacial score (nSPS) is 11.0. The number of anilines is 1. The van der Waals surface area contributed by atoms with Crippen LogP contribution in [0.15, 0.2) is 47.8 Å². The number of aryl methyl sites for hydroxylation is 2. The number of rotatable bonds is 6. The summed E-state index contributed by atoms with van der Waals surface area (Å²) in [5.74, 6) is 1.12. The highest BCUT2D eigenvalue weighted by atomic mass is 32.1. The molecule has 148 valence electrons. The number of aromatic hydroxyl groups is 1. The van der Waals surface area contributed by atoms with Crippen molar-refractivity contribution in [1.82, 2.24) is 15.2 Å². The highest BCUT2D eigenvalue weighted by Gasteiger charge is 2.21. The van der Waals surface area contributed by atoms with Crippen LogP contribution in [0.25, 0.3) is 21.8 Å². The number of thiazole rings is 1. The minimum atomic E-state index is 0.100. The van der Waals surface area contributed by atoms with Gasteiger partial charge in [-0.3, -0.25) is 5.10 Å². The maximum atomic E-state index is 10.8. The molecule has 4 aromatic rings. The smallest absolute Gasteiger partial charge is 0.156 e. The van der Waals surface area contributed by atoms with E-state index in [-0.39, 0.29) is 5.75 Å². The van der Waals surface area contributed by atoms with Gasteiger partial charge in [0.1, 0.15) is 23.1 Å². The lowest BCUT2D eigenvalue weighted by Gasteiger charge is -2.14. The Balaban J connectivity index is 1.71. The van der Waals surface area contributed by atoms with Crippen molar-refractivity contribution in [3.63, 3.8) is 0 Å². The molecular weight excluding hydrogens is 384 g/mol. The average Bonchev–Trinajstić information content (AvgIpc) is 3.32. The number of nitrogens with two attached hydrogens (primary N) is 1. The van der Waals surface area contributed by atoms with Gasteiger partial charge in [0.2, 0.25) is 0 Å². The zero-order valence-corrected chi connectivity index (χ0v) is 17.1. The van der Waals surface area contributed by atoms with Crippen molar-refractivity contribution in [3.8, 4) is 33.3 Å². The van der Waals surface area contributed by atoms with Gasteiger partial charge in [0.15, 0.2) is 5.82 Å². The number of phenols is 1. The fraction of sp³-hybridized carbons (Fsp3) is 0.182. The summed E-state index contributed by atoms with van der Waals surface area (Å²) in [6.07, 6.45) is 0.757. The van der Waals surface area contributed by atoms with Crippen molar-refractivity contribution >= 4 is 17.2 Å². The van der Waals surface area contributed by atoms with Crippen LogP contribution in [0.3, 0.4) is 0 Å². The number of nitrogen functional groups attached to an aromatic ring is 1. The van der Waals surface area contributed by atoms with E-state index in [4.69, 9.17) is 10.5 Å². The second kappa shape index (κ2) is 7.97. The Morgan fingerprint density at radius 2 is 2.00 bits per heavy atom. The van der Waals surface area contributed by atoms with Crippen molar-refractivity contribution in [2.45, 2.75) is 26.9 Å². The molecule has 4 N–H and O–H groups in total. The maximum absolute atomic E-state index is 10.8. The molecule has 0 spiro atoms. The number of aromatic nitrogens is 3. The second-order valence-electron chi connectivity index (χ2n) is 6.76. The van der Waals surface area contributed by atoms with Crippen LogP contribution in [0.5, 0.6) is 11.5 Å². The molecule has 7 heteroatoms. The van der Waals surface area contributed by atoms with E-state index in [1.807, 2.05) is 48.7 Å². The van der Waals surface area contributed by atoms with E-state index in [9.17, 15) is 5.11 Å². The van der Waals surface area contributed by atoms with Crippen molar-refractivity contribution in [2.75, 3.05) is 5.73 Å². The minimum absolute atomic E-state index is 0.100. The summed E-state index contributed by atoms with van der Waals surface area (Å²) in [6, 6.07) is 13.5. The van der Waals surface area contributed by atoms with Crippen LogP contribution < -0.4 is 10.5 Å². The number of hydrogen-bond acceptors (Lipinski definition) is 6. The number of phenolic OH excluding ortho intramolecular Hbond substituents is 1. The third kappa shape index (κ3) is 3.82. The Morgan fingerprint density at radius 3 is 2.69 bits per heavy atom. The first-order valence-corrected chi connectivity index (χ1v) is 10.2. The van der Waals surface area contributed by atoms with Crippen LogP contribution in [0.4, 0.5) is 5.82 Å². The van der Waals surface area contributed by atoms with Gasteiger partial charge >= 0.3 is 0 Å². The zero-order valence-electron chi connectivity index (χ0n) is 16.3. The van der Waals surface area contributed by atoms with Gasteiger partial charge < -0.3 is 15.6 Å². The summed E-state index contributed by atoms with van der Waals surface area (Å²) in [6.45, 7) is 4.42. The number of hydrogen-bond donors (Lipinski definition) is 3. The van der Waals surface area contributed by atoms with Crippen LogP contribution >= 0.6 is 11.3 Å². The molecule has 0 aliphatic rings. The molecule has 0 atom stereocenters. The first kappa shape index (κ1) is 19.0. The highest BCUT2D eigenvalue weighted by Crippen LogP contribution is 2.42. The Hall–Kier alpha value is -3.32. The Bertz CT molecular complexity index is 1140. The molecule has 2 aromatic carbocycles. The van der Waals surface area contributed by atoms with Crippen LogP contribution in [-0.4, -0.2) is 20.3 Å². The van der Waals surface area contributed by atoms with E-state index in [0.29, 0.717) is 35.0 Å². The Kier molecular flexibility index (Phi) is 5.22.